The number of nitrogens with one attached hydrogen (secondary N) is 1. The zero-order valence-corrected chi connectivity index (χ0v) is 14.2. The fraction of sp³-hybridized carbons (Fsp3) is 0.150. The second kappa shape index (κ2) is 7.23. The average molecular weight is 350 g/mol. The van der Waals surface area contributed by atoms with E-state index in [0.717, 1.165) is 11.6 Å². The van der Waals surface area contributed by atoms with Gasteiger partial charge < -0.3 is 10.4 Å². The lowest BCUT2D eigenvalue weighted by Crippen LogP contribution is -2.35. The minimum atomic E-state index is -1.03. The summed E-state index contributed by atoms with van der Waals surface area (Å²) >= 11 is 0. The van der Waals surface area contributed by atoms with Gasteiger partial charge in [-0.25, -0.2) is 9.69 Å². The number of benzene rings is 2. The third kappa shape index (κ3) is 3.64. The molecular weight excluding hydrogens is 332 g/mol. The summed E-state index contributed by atoms with van der Waals surface area (Å²) in [5.74, 6) is -1.58. The highest BCUT2D eigenvalue weighted by Gasteiger charge is 2.40. The van der Waals surface area contributed by atoms with Crippen LogP contribution in [0, 0.1) is 6.92 Å². The number of imide groups is 1. The molecule has 2 aromatic carbocycles. The largest absolute Gasteiger partial charge is 0.478 e. The first-order valence-electron chi connectivity index (χ1n) is 8.16. The van der Waals surface area contributed by atoms with Crippen molar-refractivity contribution in [2.24, 2.45) is 0 Å². The van der Waals surface area contributed by atoms with Gasteiger partial charge >= 0.3 is 5.97 Å². The van der Waals surface area contributed by atoms with Gasteiger partial charge in [0.05, 0.1) is 12.1 Å². The van der Waals surface area contributed by atoms with Crippen molar-refractivity contribution in [3.05, 3.63) is 65.7 Å². The molecule has 0 bridgehead atoms. The van der Waals surface area contributed by atoms with Crippen LogP contribution >= 0.6 is 0 Å². The predicted octanol–water partition coefficient (Wildman–Crippen LogP) is 2.84. The molecule has 1 saturated heterocycles. The second-order valence-electron chi connectivity index (χ2n) is 6.05. The quantitative estimate of drug-likeness (QED) is 0.640. The zero-order valence-electron chi connectivity index (χ0n) is 14.2. The van der Waals surface area contributed by atoms with Gasteiger partial charge in [0.1, 0.15) is 6.04 Å². The van der Waals surface area contributed by atoms with Gasteiger partial charge in [0.25, 0.3) is 5.91 Å². The van der Waals surface area contributed by atoms with Crippen molar-refractivity contribution in [2.45, 2.75) is 19.4 Å². The van der Waals surface area contributed by atoms with Crippen LogP contribution in [0.2, 0.25) is 0 Å². The molecule has 2 aromatic rings. The topological polar surface area (TPSA) is 86.7 Å². The molecule has 1 heterocycles. The van der Waals surface area contributed by atoms with E-state index >= 15 is 0 Å². The van der Waals surface area contributed by atoms with Crippen LogP contribution in [0.1, 0.15) is 17.5 Å². The van der Waals surface area contributed by atoms with Crippen molar-refractivity contribution in [3.8, 4) is 0 Å². The number of aryl methyl sites for hydroxylation is 1. The van der Waals surface area contributed by atoms with E-state index in [1.54, 1.807) is 36.4 Å². The van der Waals surface area contributed by atoms with Crippen molar-refractivity contribution < 1.29 is 19.5 Å². The number of carboxylic acid groups (broad SMARTS) is 1. The van der Waals surface area contributed by atoms with E-state index in [1.807, 2.05) is 19.1 Å². The number of rotatable bonds is 5. The molecule has 6 nitrogen and oxygen atoms in total. The van der Waals surface area contributed by atoms with Gasteiger partial charge in [-0.1, -0.05) is 30.3 Å². The first-order chi connectivity index (χ1) is 12.5. The van der Waals surface area contributed by atoms with Crippen molar-refractivity contribution >= 4 is 35.2 Å². The molecule has 1 unspecified atom stereocenters. The molecule has 1 aliphatic rings. The van der Waals surface area contributed by atoms with Gasteiger partial charge in [-0.15, -0.1) is 0 Å². The Kier molecular flexibility index (Phi) is 4.84. The summed E-state index contributed by atoms with van der Waals surface area (Å²) in [7, 11) is 0. The summed E-state index contributed by atoms with van der Waals surface area (Å²) in [6.45, 7) is 1.86. The highest BCUT2D eigenvalue weighted by molar-refractivity contribution is 6.23. The number of para-hydroxylation sites is 1. The normalized spacial score (nSPS) is 17.1. The number of amides is 2. The minimum absolute atomic E-state index is 0.0718. The number of carbonyl (C=O) groups excluding carboxylic acids is 2. The monoisotopic (exact) mass is 350 g/mol. The molecule has 0 aromatic heterocycles. The molecule has 0 aliphatic carbocycles. The predicted molar refractivity (Wildman–Crippen MR) is 98.8 cm³/mol. The van der Waals surface area contributed by atoms with E-state index in [9.17, 15) is 14.4 Å². The number of hydrogen-bond donors (Lipinski definition) is 2. The molecule has 2 amide bonds. The maximum Gasteiger partial charge on any atom is 0.328 e. The number of nitrogens with zero attached hydrogens (tertiary/aromatic N) is 1. The summed E-state index contributed by atoms with van der Waals surface area (Å²) in [6.07, 6.45) is 2.58. The number of carboxylic acids is 1. The lowest BCUT2D eigenvalue weighted by molar-refractivity contribution is -0.131. The first kappa shape index (κ1) is 17.4. The van der Waals surface area contributed by atoms with Gasteiger partial charge in [0, 0.05) is 11.8 Å². The van der Waals surface area contributed by atoms with Crippen LogP contribution in [-0.4, -0.2) is 28.9 Å². The molecule has 132 valence electrons. The molecule has 26 heavy (non-hydrogen) atoms. The lowest BCUT2D eigenvalue weighted by atomic mass is 10.1. The third-order valence-electron chi connectivity index (χ3n) is 4.15. The standard InChI is InChI=1S/C20H18N2O4/c1-13-5-2-3-8-17(13)22-18(23)12-16(20(22)26)21-15-7-4-6-14(11-15)9-10-19(24)25/h2-11,16,21H,12H2,1H3,(H,24,25)/b10-9+. The summed E-state index contributed by atoms with van der Waals surface area (Å²) in [5, 5.41) is 11.8. The van der Waals surface area contributed by atoms with Crippen LogP contribution in [0.3, 0.4) is 0 Å². The van der Waals surface area contributed by atoms with Crippen LogP contribution < -0.4 is 10.2 Å². The Labute approximate surface area is 150 Å². The molecular formula is C20H18N2O4. The summed E-state index contributed by atoms with van der Waals surface area (Å²) < 4.78 is 0. The van der Waals surface area contributed by atoms with E-state index in [2.05, 4.69) is 5.32 Å². The van der Waals surface area contributed by atoms with E-state index in [-0.39, 0.29) is 18.2 Å². The van der Waals surface area contributed by atoms with Gasteiger partial charge in [0.15, 0.2) is 0 Å². The molecule has 3 rings (SSSR count). The molecule has 0 radical (unpaired) electrons. The number of anilines is 2. The number of carbonyl (C=O) groups is 3. The summed E-state index contributed by atoms with van der Waals surface area (Å²) in [6, 6.07) is 13.6. The fourth-order valence-electron chi connectivity index (χ4n) is 2.91. The molecule has 6 heteroatoms. The van der Waals surface area contributed by atoms with Gasteiger partial charge in [-0.3, -0.25) is 9.59 Å². The maximum atomic E-state index is 12.7. The Morgan fingerprint density at radius 2 is 1.96 bits per heavy atom. The Morgan fingerprint density at radius 3 is 2.69 bits per heavy atom. The SMILES string of the molecule is Cc1ccccc1N1C(=O)CC(Nc2cccc(/C=C/C(=O)O)c2)C1=O. The Morgan fingerprint density at radius 1 is 1.19 bits per heavy atom. The third-order valence-corrected chi connectivity index (χ3v) is 4.15. The smallest absolute Gasteiger partial charge is 0.328 e. The molecule has 0 saturated carbocycles. The van der Waals surface area contributed by atoms with Crippen LogP contribution in [0.15, 0.2) is 54.6 Å². The van der Waals surface area contributed by atoms with Crippen molar-refractivity contribution in [3.63, 3.8) is 0 Å². The molecule has 1 fully saturated rings. The number of hydrogen-bond acceptors (Lipinski definition) is 4. The fourth-order valence-corrected chi connectivity index (χ4v) is 2.91. The van der Waals surface area contributed by atoms with Crippen molar-refractivity contribution in [2.75, 3.05) is 10.2 Å². The Balaban J connectivity index is 1.79. The second-order valence-corrected chi connectivity index (χ2v) is 6.05. The molecule has 0 spiro atoms. The van der Waals surface area contributed by atoms with E-state index in [4.69, 9.17) is 5.11 Å². The molecule has 1 aliphatic heterocycles. The van der Waals surface area contributed by atoms with Crippen molar-refractivity contribution in [1.82, 2.24) is 0 Å². The highest BCUT2D eigenvalue weighted by Crippen LogP contribution is 2.27. The average Bonchev–Trinajstić information content (AvgIpc) is 2.88. The lowest BCUT2D eigenvalue weighted by Gasteiger charge is -2.18. The minimum Gasteiger partial charge on any atom is -0.478 e. The Bertz CT molecular complexity index is 904. The van der Waals surface area contributed by atoms with Crippen LogP contribution in [0.5, 0.6) is 0 Å². The van der Waals surface area contributed by atoms with E-state index in [1.165, 1.54) is 11.0 Å². The summed E-state index contributed by atoms with van der Waals surface area (Å²) in [5.41, 5.74) is 2.79. The van der Waals surface area contributed by atoms with Gasteiger partial charge in [0.2, 0.25) is 5.91 Å². The van der Waals surface area contributed by atoms with E-state index in [0.29, 0.717) is 16.9 Å². The first-order valence-corrected chi connectivity index (χ1v) is 8.16. The highest BCUT2D eigenvalue weighted by atomic mass is 16.4. The molecule has 2 N–H and O–H groups in total. The molecule has 1 atom stereocenters. The Hall–Kier alpha value is -3.41. The van der Waals surface area contributed by atoms with Crippen LogP contribution in [-0.2, 0) is 14.4 Å². The van der Waals surface area contributed by atoms with E-state index < -0.39 is 12.0 Å². The van der Waals surface area contributed by atoms with Gasteiger partial charge in [-0.2, -0.15) is 0 Å². The zero-order chi connectivity index (χ0) is 18.7. The summed E-state index contributed by atoms with van der Waals surface area (Å²) in [4.78, 5) is 36.9. The maximum absolute atomic E-state index is 12.7. The number of aliphatic carboxylic acids is 1. The van der Waals surface area contributed by atoms with Crippen LogP contribution in [0.4, 0.5) is 11.4 Å². The van der Waals surface area contributed by atoms with Crippen molar-refractivity contribution in [1.29, 1.82) is 0 Å². The van der Waals surface area contributed by atoms with Crippen LogP contribution in [0.25, 0.3) is 6.08 Å². The van der Waals surface area contributed by atoms with Gasteiger partial charge in [-0.05, 0) is 42.3 Å².